The number of thioether (sulfide) groups is 1. The molecule has 0 bridgehead atoms. The Morgan fingerprint density at radius 1 is 1.10 bits per heavy atom. The summed E-state index contributed by atoms with van der Waals surface area (Å²) in [5.74, 6) is 0.262. The summed E-state index contributed by atoms with van der Waals surface area (Å²) in [6.07, 6.45) is 0. The van der Waals surface area contributed by atoms with E-state index in [-0.39, 0.29) is 35.2 Å². The molecule has 8 heteroatoms. The molecule has 1 amide bonds. The van der Waals surface area contributed by atoms with Crippen molar-refractivity contribution in [3.8, 4) is 0 Å². The van der Waals surface area contributed by atoms with Gasteiger partial charge in [-0.25, -0.2) is 8.42 Å². The van der Waals surface area contributed by atoms with Crippen molar-refractivity contribution in [3.05, 3.63) is 59.2 Å². The third-order valence-corrected chi connectivity index (χ3v) is 8.08. The first-order valence-electron chi connectivity index (χ1n) is 9.86. The molecule has 2 aliphatic heterocycles. The minimum absolute atomic E-state index is 0.0682. The van der Waals surface area contributed by atoms with E-state index in [9.17, 15) is 13.2 Å². The third-order valence-electron chi connectivity index (χ3n) is 5.42. The van der Waals surface area contributed by atoms with Gasteiger partial charge in [-0.2, -0.15) is 0 Å². The molecule has 0 radical (unpaired) electrons. The molecule has 0 unspecified atom stereocenters. The summed E-state index contributed by atoms with van der Waals surface area (Å²) in [6, 6.07) is 13.4. The molecule has 158 valence electrons. The van der Waals surface area contributed by atoms with Gasteiger partial charge in [-0.15, -0.1) is 0 Å². The Labute approximate surface area is 181 Å². The highest BCUT2D eigenvalue weighted by Gasteiger charge is 2.47. The summed E-state index contributed by atoms with van der Waals surface area (Å²) in [7, 11) is -3.10. The average molecular weight is 444 g/mol. The second-order valence-corrected chi connectivity index (χ2v) is 11.1. The number of aliphatic imine (C=N–C) groups is 1. The molecule has 2 heterocycles. The number of anilines is 2. The SMILES string of the molecule is Cc1ccc(N2C(SCC(=O)Nc3cc(C)ccc3C)=N[C@H]3CS(=O)(=O)C[C@H]32)cc1. The first-order chi connectivity index (χ1) is 14.2. The molecule has 1 N–H and O–H groups in total. The number of carbonyl (C=O) groups excluding carboxylic acids is 1. The van der Waals surface area contributed by atoms with Crippen LogP contribution in [0.2, 0.25) is 0 Å². The van der Waals surface area contributed by atoms with Crippen molar-refractivity contribution in [1.29, 1.82) is 0 Å². The molecule has 2 aromatic rings. The molecule has 2 aliphatic rings. The van der Waals surface area contributed by atoms with Gasteiger partial charge >= 0.3 is 0 Å². The van der Waals surface area contributed by atoms with E-state index in [1.807, 2.05) is 68.1 Å². The molecule has 4 rings (SSSR count). The zero-order valence-electron chi connectivity index (χ0n) is 17.3. The van der Waals surface area contributed by atoms with E-state index in [1.54, 1.807) is 0 Å². The number of fused-ring (bicyclic) bond motifs is 1. The Morgan fingerprint density at radius 2 is 1.80 bits per heavy atom. The van der Waals surface area contributed by atoms with E-state index in [1.165, 1.54) is 11.8 Å². The number of amides is 1. The minimum atomic E-state index is -3.10. The van der Waals surface area contributed by atoms with Gasteiger partial charge in [0.25, 0.3) is 0 Å². The molecule has 0 saturated carbocycles. The molecule has 0 spiro atoms. The van der Waals surface area contributed by atoms with E-state index in [2.05, 4.69) is 10.3 Å². The van der Waals surface area contributed by atoms with Crippen LogP contribution < -0.4 is 10.2 Å². The molecule has 1 saturated heterocycles. The standard InChI is InChI=1S/C22H25N3O3S2/c1-14-5-8-17(9-6-14)25-20-13-30(27,28)12-19(20)24-22(25)29-11-21(26)23-18-10-15(2)4-7-16(18)3/h4-10,19-20H,11-13H2,1-3H3,(H,23,26)/t19-,20+/m0/s1. The number of aryl methyl sites for hydroxylation is 3. The normalized spacial score (nSPS) is 22.0. The third kappa shape index (κ3) is 4.39. The van der Waals surface area contributed by atoms with Crippen molar-refractivity contribution in [2.24, 2.45) is 4.99 Å². The van der Waals surface area contributed by atoms with Crippen LogP contribution in [0.3, 0.4) is 0 Å². The molecule has 6 nitrogen and oxygen atoms in total. The van der Waals surface area contributed by atoms with Crippen LogP contribution >= 0.6 is 11.8 Å². The summed E-state index contributed by atoms with van der Waals surface area (Å²) in [5.41, 5.74) is 4.95. The van der Waals surface area contributed by atoms with E-state index in [0.29, 0.717) is 5.17 Å². The Bertz CT molecular complexity index is 1110. The van der Waals surface area contributed by atoms with Gasteiger partial charge in [0.1, 0.15) is 0 Å². The highest BCUT2D eigenvalue weighted by atomic mass is 32.2. The minimum Gasteiger partial charge on any atom is -0.325 e. The Balaban J connectivity index is 1.50. The van der Waals surface area contributed by atoms with Crippen LogP contribution in [0.15, 0.2) is 47.5 Å². The van der Waals surface area contributed by atoms with Gasteiger partial charge in [0.05, 0.1) is 29.3 Å². The van der Waals surface area contributed by atoms with Crippen LogP contribution in [0.25, 0.3) is 0 Å². The summed E-state index contributed by atoms with van der Waals surface area (Å²) < 4.78 is 24.3. The predicted molar refractivity (Wildman–Crippen MR) is 124 cm³/mol. The second-order valence-electron chi connectivity index (χ2n) is 7.98. The maximum atomic E-state index is 12.6. The quantitative estimate of drug-likeness (QED) is 0.784. The highest BCUT2D eigenvalue weighted by Crippen LogP contribution is 2.35. The lowest BCUT2D eigenvalue weighted by molar-refractivity contribution is -0.113. The van der Waals surface area contributed by atoms with Crippen LogP contribution in [0.5, 0.6) is 0 Å². The van der Waals surface area contributed by atoms with Crippen molar-refractivity contribution < 1.29 is 13.2 Å². The van der Waals surface area contributed by atoms with Gasteiger partial charge in [0.15, 0.2) is 15.0 Å². The number of nitrogens with one attached hydrogen (secondary N) is 1. The van der Waals surface area contributed by atoms with Crippen LogP contribution in [0.1, 0.15) is 16.7 Å². The van der Waals surface area contributed by atoms with Gasteiger partial charge < -0.3 is 10.2 Å². The number of hydrogen-bond acceptors (Lipinski definition) is 6. The molecule has 0 aromatic heterocycles. The lowest BCUT2D eigenvalue weighted by Gasteiger charge is -2.26. The highest BCUT2D eigenvalue weighted by molar-refractivity contribution is 8.14. The van der Waals surface area contributed by atoms with E-state index in [4.69, 9.17) is 0 Å². The fourth-order valence-corrected chi connectivity index (χ4v) is 6.59. The second kappa shape index (κ2) is 8.07. The van der Waals surface area contributed by atoms with Crippen LogP contribution in [-0.4, -0.2) is 48.8 Å². The van der Waals surface area contributed by atoms with Crippen LogP contribution in [0.4, 0.5) is 11.4 Å². The van der Waals surface area contributed by atoms with E-state index in [0.717, 1.165) is 28.1 Å². The number of nitrogens with zero attached hydrogens (tertiary/aromatic N) is 2. The number of sulfone groups is 1. The van der Waals surface area contributed by atoms with E-state index >= 15 is 0 Å². The molecular weight excluding hydrogens is 418 g/mol. The number of rotatable bonds is 4. The fourth-order valence-electron chi connectivity index (χ4n) is 3.83. The van der Waals surface area contributed by atoms with Gasteiger partial charge in [0.2, 0.25) is 5.91 Å². The van der Waals surface area contributed by atoms with Gasteiger partial charge in [0, 0.05) is 11.4 Å². The first-order valence-corrected chi connectivity index (χ1v) is 12.7. The van der Waals surface area contributed by atoms with E-state index < -0.39 is 9.84 Å². The molecule has 2 atom stereocenters. The predicted octanol–water partition coefficient (Wildman–Crippen LogP) is 3.33. The van der Waals surface area contributed by atoms with Crippen LogP contribution in [-0.2, 0) is 14.6 Å². The number of benzene rings is 2. The zero-order valence-corrected chi connectivity index (χ0v) is 18.9. The molecule has 2 aromatic carbocycles. The first kappa shape index (κ1) is 20.9. The maximum Gasteiger partial charge on any atom is 0.234 e. The van der Waals surface area contributed by atoms with Crippen molar-refractivity contribution in [2.45, 2.75) is 32.9 Å². The number of amidine groups is 1. The lowest BCUT2D eigenvalue weighted by Crippen LogP contribution is -2.39. The van der Waals surface area contributed by atoms with Crippen molar-refractivity contribution in [1.82, 2.24) is 0 Å². The molecule has 30 heavy (non-hydrogen) atoms. The topological polar surface area (TPSA) is 78.8 Å². The van der Waals surface area contributed by atoms with Gasteiger partial charge in [-0.1, -0.05) is 41.6 Å². The van der Waals surface area contributed by atoms with Crippen molar-refractivity contribution in [2.75, 3.05) is 27.5 Å². The van der Waals surface area contributed by atoms with Crippen molar-refractivity contribution in [3.63, 3.8) is 0 Å². The summed E-state index contributed by atoms with van der Waals surface area (Å²) >= 11 is 1.35. The Hall–Kier alpha value is -2.32. The molecule has 1 fully saturated rings. The average Bonchev–Trinajstić information content (AvgIpc) is 3.15. The summed E-state index contributed by atoms with van der Waals surface area (Å²) in [6.45, 7) is 5.96. The smallest absolute Gasteiger partial charge is 0.234 e. The van der Waals surface area contributed by atoms with Crippen LogP contribution in [0, 0.1) is 20.8 Å². The monoisotopic (exact) mass is 443 g/mol. The van der Waals surface area contributed by atoms with Gasteiger partial charge in [-0.3, -0.25) is 9.79 Å². The number of carbonyl (C=O) groups is 1. The maximum absolute atomic E-state index is 12.6. The Kier molecular flexibility index (Phi) is 5.63. The largest absolute Gasteiger partial charge is 0.325 e. The fraction of sp³-hybridized carbons (Fsp3) is 0.364. The number of hydrogen-bond donors (Lipinski definition) is 1. The Morgan fingerprint density at radius 3 is 2.53 bits per heavy atom. The summed E-state index contributed by atoms with van der Waals surface area (Å²) in [5, 5.41) is 3.68. The van der Waals surface area contributed by atoms with Gasteiger partial charge in [-0.05, 0) is 50.1 Å². The lowest BCUT2D eigenvalue weighted by atomic mass is 10.1. The molecular formula is C22H25N3O3S2. The summed E-state index contributed by atoms with van der Waals surface area (Å²) in [4.78, 5) is 19.2. The zero-order chi connectivity index (χ0) is 21.5. The molecule has 0 aliphatic carbocycles. The van der Waals surface area contributed by atoms with Crippen molar-refractivity contribution >= 4 is 44.0 Å².